The monoisotopic (exact) mass is 466 g/mol. The van der Waals surface area contributed by atoms with Crippen molar-refractivity contribution < 1.29 is 9.53 Å². The molecule has 0 radical (unpaired) electrons. The molecule has 2 saturated carbocycles. The average Bonchev–Trinajstić information content (AvgIpc) is 3.71. The number of rotatable bonds is 7. The number of carbonyl (C=O) groups is 1. The van der Waals surface area contributed by atoms with Gasteiger partial charge in [-0.15, -0.1) is 0 Å². The third-order valence-corrected chi connectivity index (χ3v) is 6.80. The second-order valence-electron chi connectivity index (χ2n) is 9.04. The topological polar surface area (TPSA) is 94.4 Å². The molecule has 1 saturated heterocycles. The Hall–Kier alpha value is -2.89. The Bertz CT molecular complexity index is 1090. The molecule has 5 rings (SSSR count). The minimum absolute atomic E-state index is 0.0387. The third-order valence-electron chi connectivity index (χ3n) is 6.59. The molecule has 172 valence electrons. The van der Waals surface area contributed by atoms with E-state index in [0.29, 0.717) is 42.2 Å². The molecule has 0 spiro atoms. The van der Waals surface area contributed by atoms with Crippen LogP contribution in [0.25, 0.3) is 0 Å². The van der Waals surface area contributed by atoms with Crippen molar-refractivity contribution in [3.8, 4) is 6.07 Å². The van der Waals surface area contributed by atoms with Crippen LogP contribution >= 0.6 is 11.6 Å². The second kappa shape index (κ2) is 9.16. The SMILES string of the molecule is COCC(=O)N1CCN(c2nc(C3CC3)c(Nc3ccnc(Cl)c3)cc2C#N)C[C@H]1C1CC1. The average molecular weight is 467 g/mol. The van der Waals surface area contributed by atoms with Gasteiger partial charge in [0.15, 0.2) is 0 Å². The van der Waals surface area contributed by atoms with Gasteiger partial charge < -0.3 is 19.9 Å². The molecule has 8 nitrogen and oxygen atoms in total. The number of amides is 1. The van der Waals surface area contributed by atoms with E-state index in [4.69, 9.17) is 21.3 Å². The normalized spacial score (nSPS) is 20.5. The zero-order chi connectivity index (χ0) is 22.9. The number of pyridine rings is 2. The van der Waals surface area contributed by atoms with Crippen LogP contribution in [0.3, 0.4) is 0 Å². The van der Waals surface area contributed by atoms with E-state index < -0.39 is 0 Å². The molecular formula is C24H27ClN6O2. The number of hydrogen-bond acceptors (Lipinski definition) is 7. The summed E-state index contributed by atoms with van der Waals surface area (Å²) in [5, 5.41) is 13.8. The number of nitriles is 1. The van der Waals surface area contributed by atoms with E-state index in [0.717, 1.165) is 48.6 Å². The van der Waals surface area contributed by atoms with Gasteiger partial charge in [-0.1, -0.05) is 11.6 Å². The molecule has 3 fully saturated rings. The Morgan fingerprint density at radius 2 is 2.12 bits per heavy atom. The van der Waals surface area contributed by atoms with Crippen LogP contribution in [-0.2, 0) is 9.53 Å². The highest BCUT2D eigenvalue weighted by atomic mass is 35.5. The zero-order valence-electron chi connectivity index (χ0n) is 18.6. The molecule has 3 heterocycles. The largest absolute Gasteiger partial charge is 0.375 e. The molecular weight excluding hydrogens is 440 g/mol. The Labute approximate surface area is 198 Å². The summed E-state index contributed by atoms with van der Waals surface area (Å²) in [5.41, 5.74) is 3.17. The van der Waals surface area contributed by atoms with Crippen molar-refractivity contribution in [2.24, 2.45) is 5.92 Å². The molecule has 2 aromatic heterocycles. The van der Waals surface area contributed by atoms with Gasteiger partial charge in [0.25, 0.3) is 0 Å². The van der Waals surface area contributed by atoms with E-state index in [1.165, 1.54) is 0 Å². The van der Waals surface area contributed by atoms with Crippen LogP contribution in [-0.4, -0.2) is 60.2 Å². The Morgan fingerprint density at radius 3 is 2.79 bits per heavy atom. The predicted octanol–water partition coefficient (Wildman–Crippen LogP) is 3.70. The molecule has 1 atom stereocenters. The van der Waals surface area contributed by atoms with Crippen molar-refractivity contribution in [2.75, 3.05) is 43.6 Å². The first-order valence-corrected chi connectivity index (χ1v) is 11.8. The number of halogens is 1. The maximum Gasteiger partial charge on any atom is 0.248 e. The molecule has 9 heteroatoms. The summed E-state index contributed by atoms with van der Waals surface area (Å²) in [6.45, 7) is 2.07. The van der Waals surface area contributed by atoms with Gasteiger partial charge in [0.05, 0.1) is 23.0 Å². The first-order chi connectivity index (χ1) is 16.1. The molecule has 0 aromatic carbocycles. The number of methoxy groups -OCH3 is 1. The lowest BCUT2D eigenvalue weighted by molar-refractivity contribution is -0.138. The Balaban J connectivity index is 1.44. The summed E-state index contributed by atoms with van der Waals surface area (Å²) in [6.07, 6.45) is 6.11. The molecule has 33 heavy (non-hydrogen) atoms. The number of anilines is 3. The van der Waals surface area contributed by atoms with E-state index >= 15 is 0 Å². The van der Waals surface area contributed by atoms with Crippen LogP contribution in [0.15, 0.2) is 24.4 Å². The van der Waals surface area contributed by atoms with E-state index in [1.54, 1.807) is 19.4 Å². The number of carbonyl (C=O) groups excluding carboxylic acids is 1. The van der Waals surface area contributed by atoms with Crippen LogP contribution in [0.5, 0.6) is 0 Å². The zero-order valence-corrected chi connectivity index (χ0v) is 19.4. The van der Waals surface area contributed by atoms with Gasteiger partial charge >= 0.3 is 0 Å². The minimum Gasteiger partial charge on any atom is -0.375 e. The fraction of sp³-hybridized carbons (Fsp3) is 0.500. The number of aromatic nitrogens is 2. The van der Waals surface area contributed by atoms with Gasteiger partial charge in [0.2, 0.25) is 5.91 Å². The first-order valence-electron chi connectivity index (χ1n) is 11.4. The molecule has 3 aliphatic rings. The van der Waals surface area contributed by atoms with Crippen LogP contribution in [0, 0.1) is 17.2 Å². The van der Waals surface area contributed by atoms with Crippen molar-refractivity contribution in [3.63, 3.8) is 0 Å². The predicted molar refractivity (Wildman–Crippen MR) is 126 cm³/mol. The molecule has 1 N–H and O–H groups in total. The second-order valence-corrected chi connectivity index (χ2v) is 9.43. The van der Waals surface area contributed by atoms with Crippen LogP contribution in [0.4, 0.5) is 17.2 Å². The van der Waals surface area contributed by atoms with Gasteiger partial charge in [-0.05, 0) is 49.8 Å². The van der Waals surface area contributed by atoms with Crippen molar-refractivity contribution in [1.29, 1.82) is 5.26 Å². The van der Waals surface area contributed by atoms with E-state index in [-0.39, 0.29) is 18.6 Å². The Morgan fingerprint density at radius 1 is 1.30 bits per heavy atom. The highest BCUT2D eigenvalue weighted by Crippen LogP contribution is 2.45. The van der Waals surface area contributed by atoms with Gasteiger partial charge in [-0.2, -0.15) is 5.26 Å². The van der Waals surface area contributed by atoms with E-state index in [9.17, 15) is 10.1 Å². The first kappa shape index (κ1) is 21.9. The third kappa shape index (κ3) is 4.75. The van der Waals surface area contributed by atoms with Gasteiger partial charge in [0.1, 0.15) is 23.6 Å². The number of hydrogen-bond donors (Lipinski definition) is 1. The molecule has 2 aliphatic carbocycles. The molecule has 2 aromatic rings. The Kier molecular flexibility index (Phi) is 6.09. The molecule has 1 amide bonds. The highest BCUT2D eigenvalue weighted by Gasteiger charge is 2.41. The maximum atomic E-state index is 12.6. The summed E-state index contributed by atoms with van der Waals surface area (Å²) in [7, 11) is 1.55. The smallest absolute Gasteiger partial charge is 0.248 e. The van der Waals surface area contributed by atoms with Crippen molar-refractivity contribution >= 4 is 34.7 Å². The van der Waals surface area contributed by atoms with E-state index in [2.05, 4.69) is 21.3 Å². The summed E-state index contributed by atoms with van der Waals surface area (Å²) in [5.74, 6) is 1.67. The summed E-state index contributed by atoms with van der Waals surface area (Å²) in [6, 6.07) is 7.99. The number of nitrogens with zero attached hydrogens (tertiary/aromatic N) is 5. The molecule has 0 bridgehead atoms. The van der Waals surface area contributed by atoms with Gasteiger partial charge in [0, 0.05) is 44.5 Å². The number of nitrogens with one attached hydrogen (secondary N) is 1. The minimum atomic E-state index is 0.0387. The highest BCUT2D eigenvalue weighted by molar-refractivity contribution is 6.29. The van der Waals surface area contributed by atoms with Crippen molar-refractivity contribution in [3.05, 3.63) is 40.8 Å². The molecule has 0 unspecified atom stereocenters. The molecule has 1 aliphatic heterocycles. The standard InChI is InChI=1S/C24H27ClN6O2/c1-33-14-22(32)31-9-8-30(13-20(31)15-2-3-15)24-17(12-26)10-19(23(29-24)16-4-5-16)28-18-6-7-27-21(25)11-18/h6-7,10-11,15-16,20H,2-5,8-9,13-14H2,1H3,(H,27,28)/t20-/m0/s1. The number of piperazine rings is 1. The van der Waals surface area contributed by atoms with Crippen molar-refractivity contribution in [1.82, 2.24) is 14.9 Å². The van der Waals surface area contributed by atoms with E-state index in [1.807, 2.05) is 17.0 Å². The van der Waals surface area contributed by atoms with Crippen LogP contribution < -0.4 is 10.2 Å². The maximum absolute atomic E-state index is 12.6. The van der Waals surface area contributed by atoms with Gasteiger partial charge in [-0.3, -0.25) is 4.79 Å². The quantitative estimate of drug-likeness (QED) is 0.621. The number of ether oxygens (including phenoxy) is 1. The summed E-state index contributed by atoms with van der Waals surface area (Å²) < 4.78 is 5.09. The fourth-order valence-electron chi connectivity index (χ4n) is 4.65. The van der Waals surface area contributed by atoms with Crippen LogP contribution in [0.2, 0.25) is 5.15 Å². The van der Waals surface area contributed by atoms with Crippen molar-refractivity contribution in [2.45, 2.75) is 37.6 Å². The summed E-state index contributed by atoms with van der Waals surface area (Å²) >= 11 is 6.05. The summed E-state index contributed by atoms with van der Waals surface area (Å²) in [4.78, 5) is 25.8. The lowest BCUT2D eigenvalue weighted by atomic mass is 10.1. The lowest BCUT2D eigenvalue weighted by Gasteiger charge is -2.42. The van der Waals surface area contributed by atoms with Gasteiger partial charge in [-0.25, -0.2) is 9.97 Å². The van der Waals surface area contributed by atoms with Crippen LogP contribution in [0.1, 0.15) is 42.9 Å². The lowest BCUT2D eigenvalue weighted by Crippen LogP contribution is -2.57. The fourth-order valence-corrected chi connectivity index (χ4v) is 4.82.